The standard InChI is InChI=1S/C28H32O/c1-3-4-5-6-7-9-12-23-15-20-27(26-18-16-24(17-19-26)22(2)29)28(21-23)25-13-10-8-11-14-25/h8,10-11,13-21H,3-7,9,12H2,1-2H3. The summed E-state index contributed by atoms with van der Waals surface area (Å²) in [5.41, 5.74) is 7.05. The SMILES string of the molecule is CCCCCCCCc1ccc(-c2ccc(C(C)=O)cc2)c(-c2ccccc2)c1. The van der Waals surface area contributed by atoms with Gasteiger partial charge >= 0.3 is 0 Å². The van der Waals surface area contributed by atoms with Crippen molar-refractivity contribution in [2.24, 2.45) is 0 Å². The first kappa shape index (κ1) is 21.0. The maximum absolute atomic E-state index is 11.6. The molecule has 0 fully saturated rings. The van der Waals surface area contributed by atoms with Crippen molar-refractivity contribution in [1.82, 2.24) is 0 Å². The summed E-state index contributed by atoms with van der Waals surface area (Å²) in [5.74, 6) is 0.106. The second kappa shape index (κ2) is 10.8. The summed E-state index contributed by atoms with van der Waals surface area (Å²) in [4.78, 5) is 11.6. The Bertz CT molecular complexity index is 907. The molecule has 0 bridgehead atoms. The molecule has 1 heteroatoms. The molecular formula is C28H32O. The van der Waals surface area contributed by atoms with E-state index in [2.05, 4.69) is 67.6 Å². The molecule has 0 unspecified atom stereocenters. The Hall–Kier alpha value is -2.67. The number of unbranched alkanes of at least 4 members (excludes halogenated alkanes) is 5. The van der Waals surface area contributed by atoms with E-state index in [1.165, 1.54) is 60.8 Å². The largest absolute Gasteiger partial charge is 0.295 e. The molecule has 0 spiro atoms. The van der Waals surface area contributed by atoms with Crippen LogP contribution in [0.1, 0.15) is 68.3 Å². The zero-order valence-corrected chi connectivity index (χ0v) is 17.8. The van der Waals surface area contributed by atoms with Crippen LogP contribution in [0.4, 0.5) is 0 Å². The van der Waals surface area contributed by atoms with Gasteiger partial charge in [0.2, 0.25) is 0 Å². The van der Waals surface area contributed by atoms with Crippen LogP contribution >= 0.6 is 0 Å². The quantitative estimate of drug-likeness (QED) is 0.255. The van der Waals surface area contributed by atoms with E-state index in [4.69, 9.17) is 0 Å². The minimum absolute atomic E-state index is 0.106. The maximum atomic E-state index is 11.6. The highest BCUT2D eigenvalue weighted by Gasteiger charge is 2.10. The van der Waals surface area contributed by atoms with Gasteiger partial charge in [-0.15, -0.1) is 0 Å². The van der Waals surface area contributed by atoms with Crippen LogP contribution < -0.4 is 0 Å². The Morgan fingerprint density at radius 1 is 0.690 bits per heavy atom. The Morgan fingerprint density at radius 3 is 2.03 bits per heavy atom. The Morgan fingerprint density at radius 2 is 1.34 bits per heavy atom. The van der Waals surface area contributed by atoms with Gasteiger partial charge in [-0.2, -0.15) is 0 Å². The zero-order valence-electron chi connectivity index (χ0n) is 17.8. The summed E-state index contributed by atoms with van der Waals surface area (Å²) < 4.78 is 0. The monoisotopic (exact) mass is 384 g/mol. The third kappa shape index (κ3) is 5.90. The van der Waals surface area contributed by atoms with Crippen LogP contribution in [0.2, 0.25) is 0 Å². The number of hydrogen-bond donors (Lipinski definition) is 0. The Balaban J connectivity index is 1.83. The van der Waals surface area contributed by atoms with E-state index in [1.54, 1.807) is 6.92 Å². The van der Waals surface area contributed by atoms with E-state index in [1.807, 2.05) is 12.1 Å². The fraction of sp³-hybridized carbons (Fsp3) is 0.321. The fourth-order valence-electron chi connectivity index (χ4n) is 3.85. The molecule has 3 aromatic rings. The van der Waals surface area contributed by atoms with Gasteiger partial charge in [-0.3, -0.25) is 4.79 Å². The van der Waals surface area contributed by atoms with Crippen molar-refractivity contribution in [3.63, 3.8) is 0 Å². The number of rotatable bonds is 10. The number of benzene rings is 3. The van der Waals surface area contributed by atoms with E-state index in [0.29, 0.717) is 0 Å². The van der Waals surface area contributed by atoms with Crippen molar-refractivity contribution >= 4 is 5.78 Å². The van der Waals surface area contributed by atoms with Crippen LogP contribution in [0.25, 0.3) is 22.3 Å². The first-order valence-electron chi connectivity index (χ1n) is 11.0. The lowest BCUT2D eigenvalue weighted by Gasteiger charge is -2.13. The predicted molar refractivity (Wildman–Crippen MR) is 124 cm³/mol. The van der Waals surface area contributed by atoms with Crippen LogP contribution in [0.5, 0.6) is 0 Å². The third-order valence-corrected chi connectivity index (χ3v) is 5.59. The molecule has 0 heterocycles. The molecule has 1 nitrogen and oxygen atoms in total. The highest BCUT2D eigenvalue weighted by atomic mass is 16.1. The molecule has 0 saturated heterocycles. The van der Waals surface area contributed by atoms with E-state index in [-0.39, 0.29) is 5.78 Å². The summed E-state index contributed by atoms with van der Waals surface area (Å²) >= 11 is 0. The van der Waals surface area contributed by atoms with Crippen molar-refractivity contribution < 1.29 is 4.79 Å². The predicted octanol–water partition coefficient (Wildman–Crippen LogP) is 8.13. The summed E-state index contributed by atoms with van der Waals surface area (Å²) in [7, 11) is 0. The molecule has 3 aromatic carbocycles. The van der Waals surface area contributed by atoms with Crippen LogP contribution in [-0.4, -0.2) is 5.78 Å². The second-order valence-electron chi connectivity index (χ2n) is 7.90. The lowest BCUT2D eigenvalue weighted by atomic mass is 9.91. The Labute approximate surface area is 175 Å². The van der Waals surface area contributed by atoms with Crippen LogP contribution in [-0.2, 0) is 6.42 Å². The van der Waals surface area contributed by atoms with Gasteiger partial charge in [-0.05, 0) is 47.6 Å². The number of Topliss-reactive ketones (excluding diaryl/α,β-unsaturated/α-hetero) is 1. The average molecular weight is 385 g/mol. The van der Waals surface area contributed by atoms with E-state index in [9.17, 15) is 4.79 Å². The van der Waals surface area contributed by atoms with Gasteiger partial charge in [0.05, 0.1) is 0 Å². The first-order valence-corrected chi connectivity index (χ1v) is 11.0. The summed E-state index contributed by atoms with van der Waals surface area (Å²) in [6.45, 7) is 3.88. The molecule has 0 amide bonds. The third-order valence-electron chi connectivity index (χ3n) is 5.59. The van der Waals surface area contributed by atoms with Gasteiger partial charge in [-0.1, -0.05) is 112 Å². The summed E-state index contributed by atoms with van der Waals surface area (Å²) in [6, 6.07) is 25.5. The smallest absolute Gasteiger partial charge is 0.159 e. The molecule has 0 saturated carbocycles. The molecule has 0 aromatic heterocycles. The summed E-state index contributed by atoms with van der Waals surface area (Å²) in [6.07, 6.45) is 9.07. The molecular weight excluding hydrogens is 352 g/mol. The van der Waals surface area contributed by atoms with Gasteiger partial charge in [0.15, 0.2) is 5.78 Å². The molecule has 0 aliphatic rings. The van der Waals surface area contributed by atoms with Crippen molar-refractivity contribution in [3.05, 3.63) is 83.9 Å². The molecule has 0 atom stereocenters. The van der Waals surface area contributed by atoms with Crippen LogP contribution in [0, 0.1) is 0 Å². The minimum Gasteiger partial charge on any atom is -0.295 e. The first-order chi connectivity index (χ1) is 14.2. The van der Waals surface area contributed by atoms with E-state index >= 15 is 0 Å². The zero-order chi connectivity index (χ0) is 20.5. The number of aryl methyl sites for hydroxylation is 1. The van der Waals surface area contributed by atoms with Gasteiger partial charge in [0.25, 0.3) is 0 Å². The van der Waals surface area contributed by atoms with Gasteiger partial charge < -0.3 is 0 Å². The molecule has 0 radical (unpaired) electrons. The number of hydrogen-bond acceptors (Lipinski definition) is 1. The topological polar surface area (TPSA) is 17.1 Å². The highest BCUT2D eigenvalue weighted by Crippen LogP contribution is 2.33. The van der Waals surface area contributed by atoms with Gasteiger partial charge in [0, 0.05) is 5.56 Å². The molecule has 0 N–H and O–H groups in total. The molecule has 0 aliphatic heterocycles. The number of carbonyl (C=O) groups is 1. The lowest BCUT2D eigenvalue weighted by Crippen LogP contribution is -1.93. The maximum Gasteiger partial charge on any atom is 0.159 e. The van der Waals surface area contributed by atoms with Crippen LogP contribution in [0.15, 0.2) is 72.8 Å². The van der Waals surface area contributed by atoms with Crippen molar-refractivity contribution in [3.8, 4) is 22.3 Å². The van der Waals surface area contributed by atoms with Gasteiger partial charge in [-0.25, -0.2) is 0 Å². The van der Waals surface area contributed by atoms with Crippen molar-refractivity contribution in [1.29, 1.82) is 0 Å². The number of ketones is 1. The molecule has 150 valence electrons. The summed E-state index contributed by atoms with van der Waals surface area (Å²) in [5, 5.41) is 0. The van der Waals surface area contributed by atoms with Crippen molar-refractivity contribution in [2.75, 3.05) is 0 Å². The molecule has 3 rings (SSSR count). The minimum atomic E-state index is 0.106. The normalized spacial score (nSPS) is 10.8. The molecule has 0 aliphatic carbocycles. The highest BCUT2D eigenvalue weighted by molar-refractivity contribution is 5.95. The second-order valence-corrected chi connectivity index (χ2v) is 7.90. The van der Waals surface area contributed by atoms with Gasteiger partial charge in [0.1, 0.15) is 0 Å². The van der Waals surface area contributed by atoms with Crippen molar-refractivity contribution in [2.45, 2.75) is 58.8 Å². The lowest BCUT2D eigenvalue weighted by molar-refractivity contribution is 0.101. The average Bonchev–Trinajstić information content (AvgIpc) is 2.77. The Kier molecular flexibility index (Phi) is 7.81. The molecule has 29 heavy (non-hydrogen) atoms. The number of carbonyl (C=O) groups excluding carboxylic acids is 1. The fourth-order valence-corrected chi connectivity index (χ4v) is 3.85. The van der Waals surface area contributed by atoms with E-state index < -0.39 is 0 Å². The van der Waals surface area contributed by atoms with Crippen LogP contribution in [0.3, 0.4) is 0 Å². The van der Waals surface area contributed by atoms with E-state index in [0.717, 1.165) is 17.5 Å².